The topological polar surface area (TPSA) is 75.9 Å². The maximum absolute atomic E-state index is 5.58. The first-order valence-electron chi connectivity index (χ1n) is 6.58. The normalized spacial score (nSPS) is 10.1. The maximum atomic E-state index is 5.58. The van der Waals surface area contributed by atoms with Crippen molar-refractivity contribution >= 4 is 17.5 Å². The average molecular weight is 277 g/mol. The Labute approximate surface area is 122 Å². The van der Waals surface area contributed by atoms with Crippen LogP contribution in [0.4, 0.5) is 17.5 Å². The smallest absolute Gasteiger partial charge is 0.229 e. The molecule has 5 heteroatoms. The van der Waals surface area contributed by atoms with Crippen molar-refractivity contribution in [2.45, 2.75) is 0 Å². The lowest BCUT2D eigenvalue weighted by Crippen LogP contribution is -2.11. The van der Waals surface area contributed by atoms with Crippen molar-refractivity contribution in [2.75, 3.05) is 10.7 Å². The zero-order valence-electron chi connectivity index (χ0n) is 11.3. The first kappa shape index (κ1) is 13.1. The van der Waals surface area contributed by atoms with Gasteiger partial charge in [-0.05, 0) is 17.7 Å². The Bertz CT molecular complexity index is 713. The van der Waals surface area contributed by atoms with Gasteiger partial charge in [0.25, 0.3) is 0 Å². The molecule has 104 valence electrons. The molecule has 0 atom stereocenters. The number of nitrogens with one attached hydrogen (secondary N) is 2. The largest absolute Gasteiger partial charge is 0.324 e. The minimum absolute atomic E-state index is 0.494. The SMILES string of the molecule is NNc1nc(Nc2ccccc2)ncc1-c1ccccc1. The Hall–Kier alpha value is -2.92. The predicted octanol–water partition coefficient (Wildman–Crippen LogP) is 3.17. The summed E-state index contributed by atoms with van der Waals surface area (Å²) in [5, 5.41) is 3.14. The van der Waals surface area contributed by atoms with Crippen molar-refractivity contribution in [1.29, 1.82) is 0 Å². The molecule has 0 saturated heterocycles. The van der Waals surface area contributed by atoms with Crippen LogP contribution in [0, 0.1) is 0 Å². The van der Waals surface area contributed by atoms with Crippen LogP contribution >= 0.6 is 0 Å². The molecule has 0 unspecified atom stereocenters. The number of rotatable bonds is 4. The summed E-state index contributed by atoms with van der Waals surface area (Å²) in [7, 11) is 0. The van der Waals surface area contributed by atoms with E-state index in [1.807, 2.05) is 60.7 Å². The number of para-hydroxylation sites is 1. The van der Waals surface area contributed by atoms with Crippen LogP contribution in [-0.4, -0.2) is 9.97 Å². The summed E-state index contributed by atoms with van der Waals surface area (Å²) in [4.78, 5) is 8.75. The van der Waals surface area contributed by atoms with Gasteiger partial charge in [0, 0.05) is 17.4 Å². The number of anilines is 3. The van der Waals surface area contributed by atoms with Crippen molar-refractivity contribution in [3.63, 3.8) is 0 Å². The summed E-state index contributed by atoms with van der Waals surface area (Å²) in [6.45, 7) is 0. The Morgan fingerprint density at radius 1 is 0.857 bits per heavy atom. The number of hydrogen-bond donors (Lipinski definition) is 3. The van der Waals surface area contributed by atoms with Crippen molar-refractivity contribution < 1.29 is 0 Å². The summed E-state index contributed by atoms with van der Waals surface area (Å²) >= 11 is 0. The predicted molar refractivity (Wildman–Crippen MR) is 85.0 cm³/mol. The number of aromatic nitrogens is 2. The molecule has 0 spiro atoms. The number of nitrogen functional groups attached to an aromatic ring is 1. The van der Waals surface area contributed by atoms with Crippen molar-refractivity contribution in [1.82, 2.24) is 9.97 Å². The van der Waals surface area contributed by atoms with E-state index in [0.29, 0.717) is 11.8 Å². The third kappa shape index (κ3) is 2.98. The van der Waals surface area contributed by atoms with Crippen LogP contribution in [0.5, 0.6) is 0 Å². The third-order valence-corrected chi connectivity index (χ3v) is 3.04. The second kappa shape index (κ2) is 6.02. The van der Waals surface area contributed by atoms with E-state index >= 15 is 0 Å². The number of nitrogens with two attached hydrogens (primary N) is 1. The molecule has 21 heavy (non-hydrogen) atoms. The highest BCUT2D eigenvalue weighted by Crippen LogP contribution is 2.26. The van der Waals surface area contributed by atoms with Gasteiger partial charge >= 0.3 is 0 Å². The molecule has 3 rings (SSSR count). The summed E-state index contributed by atoms with van der Waals surface area (Å²) < 4.78 is 0. The van der Waals surface area contributed by atoms with Crippen LogP contribution in [0.2, 0.25) is 0 Å². The van der Waals surface area contributed by atoms with Crippen LogP contribution < -0.4 is 16.6 Å². The zero-order chi connectivity index (χ0) is 14.5. The lowest BCUT2D eigenvalue weighted by atomic mass is 10.1. The quantitative estimate of drug-likeness (QED) is 0.504. The molecule has 5 nitrogen and oxygen atoms in total. The molecule has 1 heterocycles. The minimum atomic E-state index is 0.494. The van der Waals surface area contributed by atoms with E-state index in [1.54, 1.807) is 6.20 Å². The van der Waals surface area contributed by atoms with Gasteiger partial charge in [0.15, 0.2) is 5.82 Å². The lowest BCUT2D eigenvalue weighted by molar-refractivity contribution is 1.14. The molecule has 0 aliphatic rings. The number of nitrogens with zero attached hydrogens (tertiary/aromatic N) is 2. The van der Waals surface area contributed by atoms with Crippen molar-refractivity contribution in [2.24, 2.45) is 5.84 Å². The Morgan fingerprint density at radius 2 is 1.52 bits per heavy atom. The summed E-state index contributed by atoms with van der Waals surface area (Å²) in [6.07, 6.45) is 1.75. The number of hydrogen-bond acceptors (Lipinski definition) is 5. The molecule has 0 bridgehead atoms. The molecule has 2 aromatic carbocycles. The van der Waals surface area contributed by atoms with Gasteiger partial charge in [-0.1, -0.05) is 48.5 Å². The molecule has 3 aromatic rings. The third-order valence-electron chi connectivity index (χ3n) is 3.04. The van der Waals surface area contributed by atoms with Crippen LogP contribution in [0.25, 0.3) is 11.1 Å². The second-order valence-corrected chi connectivity index (χ2v) is 4.46. The van der Waals surface area contributed by atoms with Gasteiger partial charge in [0.05, 0.1) is 0 Å². The molecule has 0 radical (unpaired) electrons. The monoisotopic (exact) mass is 277 g/mol. The molecule has 0 aliphatic heterocycles. The highest BCUT2D eigenvalue weighted by molar-refractivity contribution is 5.75. The van der Waals surface area contributed by atoms with Crippen molar-refractivity contribution in [3.05, 3.63) is 66.9 Å². The van der Waals surface area contributed by atoms with Crippen LogP contribution in [0.1, 0.15) is 0 Å². The fraction of sp³-hybridized carbons (Fsp3) is 0. The highest BCUT2D eigenvalue weighted by Gasteiger charge is 2.08. The Kier molecular flexibility index (Phi) is 3.75. The van der Waals surface area contributed by atoms with Crippen LogP contribution in [0.15, 0.2) is 66.9 Å². The van der Waals surface area contributed by atoms with Crippen LogP contribution in [0.3, 0.4) is 0 Å². The molecule has 0 fully saturated rings. The average Bonchev–Trinajstić information content (AvgIpc) is 2.56. The van der Waals surface area contributed by atoms with Gasteiger partial charge in [0.1, 0.15) is 0 Å². The fourth-order valence-electron chi connectivity index (χ4n) is 2.03. The van der Waals surface area contributed by atoms with Gasteiger partial charge < -0.3 is 10.7 Å². The van der Waals surface area contributed by atoms with Gasteiger partial charge in [-0.3, -0.25) is 0 Å². The van der Waals surface area contributed by atoms with E-state index in [-0.39, 0.29) is 0 Å². The van der Waals surface area contributed by atoms with Gasteiger partial charge in [-0.15, -0.1) is 0 Å². The van der Waals surface area contributed by atoms with E-state index in [0.717, 1.165) is 16.8 Å². The van der Waals surface area contributed by atoms with Gasteiger partial charge in [0.2, 0.25) is 5.95 Å². The maximum Gasteiger partial charge on any atom is 0.229 e. The first-order chi connectivity index (χ1) is 10.4. The summed E-state index contributed by atoms with van der Waals surface area (Å²) in [5.74, 6) is 6.65. The molecular weight excluding hydrogens is 262 g/mol. The van der Waals surface area contributed by atoms with Crippen LogP contribution in [-0.2, 0) is 0 Å². The Balaban J connectivity index is 1.92. The Morgan fingerprint density at radius 3 is 2.19 bits per heavy atom. The molecule has 0 aliphatic carbocycles. The highest BCUT2D eigenvalue weighted by atomic mass is 15.3. The number of hydrazine groups is 1. The molecule has 0 saturated carbocycles. The molecule has 4 N–H and O–H groups in total. The van der Waals surface area contributed by atoms with Crippen molar-refractivity contribution in [3.8, 4) is 11.1 Å². The van der Waals surface area contributed by atoms with Gasteiger partial charge in [-0.25, -0.2) is 10.8 Å². The van der Waals surface area contributed by atoms with E-state index < -0.39 is 0 Å². The molecule has 0 amide bonds. The molecule has 1 aromatic heterocycles. The van der Waals surface area contributed by atoms with E-state index in [4.69, 9.17) is 5.84 Å². The standard InChI is InChI=1S/C16H15N5/c17-21-15-14(12-7-3-1-4-8-12)11-18-16(20-15)19-13-9-5-2-6-10-13/h1-11H,17H2,(H2,18,19,20,21). The minimum Gasteiger partial charge on any atom is -0.324 e. The summed E-state index contributed by atoms with van der Waals surface area (Å²) in [5.41, 5.74) is 5.42. The molecular formula is C16H15N5. The van der Waals surface area contributed by atoms with E-state index in [9.17, 15) is 0 Å². The van der Waals surface area contributed by atoms with E-state index in [1.165, 1.54) is 0 Å². The zero-order valence-corrected chi connectivity index (χ0v) is 11.3. The first-order valence-corrected chi connectivity index (χ1v) is 6.58. The number of benzene rings is 2. The second-order valence-electron chi connectivity index (χ2n) is 4.46. The van der Waals surface area contributed by atoms with Gasteiger partial charge in [-0.2, -0.15) is 4.98 Å². The fourth-order valence-corrected chi connectivity index (χ4v) is 2.03. The summed E-state index contributed by atoms with van der Waals surface area (Å²) in [6, 6.07) is 19.6. The lowest BCUT2D eigenvalue weighted by Gasteiger charge is -2.10. The van der Waals surface area contributed by atoms with E-state index in [2.05, 4.69) is 20.7 Å².